The van der Waals surface area contributed by atoms with E-state index >= 15 is 0 Å². The summed E-state index contributed by atoms with van der Waals surface area (Å²) in [4.78, 5) is 4.61. The molecule has 1 aliphatic rings. The van der Waals surface area contributed by atoms with E-state index < -0.39 is 0 Å². The van der Waals surface area contributed by atoms with Gasteiger partial charge in [0.2, 0.25) is 0 Å². The third-order valence-corrected chi connectivity index (χ3v) is 3.94. The smallest absolute Gasteiger partial charge is 0.183 e. The number of thioether (sulfide) groups is 1. The van der Waals surface area contributed by atoms with Crippen LogP contribution < -0.4 is 5.32 Å². The van der Waals surface area contributed by atoms with Crippen molar-refractivity contribution in [2.75, 3.05) is 6.26 Å². The molecular weight excluding hydrogens is 206 g/mol. The Hall–Kier alpha value is -0.690. The van der Waals surface area contributed by atoms with Crippen LogP contribution in [0.5, 0.6) is 0 Å². The fraction of sp³-hybridized carbons (Fsp3) is 0.818. The number of nitrogens with one attached hydrogen (secondary N) is 1. The van der Waals surface area contributed by atoms with E-state index in [1.807, 2.05) is 12.4 Å². The largest absolute Gasteiger partial charge is 0.272 e. The van der Waals surface area contributed by atoms with Crippen molar-refractivity contribution in [1.29, 1.82) is 5.26 Å². The van der Waals surface area contributed by atoms with Crippen LogP contribution in [0.15, 0.2) is 4.99 Å². The van der Waals surface area contributed by atoms with Crippen molar-refractivity contribution < 1.29 is 0 Å². The highest BCUT2D eigenvalue weighted by molar-refractivity contribution is 8.13. The lowest BCUT2D eigenvalue weighted by atomic mass is 9.94. The van der Waals surface area contributed by atoms with Gasteiger partial charge in [0.25, 0.3) is 0 Å². The van der Waals surface area contributed by atoms with E-state index in [1.165, 1.54) is 24.6 Å². The minimum atomic E-state index is 0.401. The number of aliphatic imine (C=N–C) groups is 1. The maximum Gasteiger partial charge on any atom is 0.183 e. The number of amidine groups is 1. The summed E-state index contributed by atoms with van der Waals surface area (Å²) in [5.74, 6) is 1.46. The first-order valence-corrected chi connectivity index (χ1v) is 6.72. The predicted octanol–water partition coefficient (Wildman–Crippen LogP) is 2.60. The molecule has 0 saturated heterocycles. The molecule has 3 unspecified atom stereocenters. The number of hydrogen-bond acceptors (Lipinski definition) is 3. The first-order valence-electron chi connectivity index (χ1n) is 5.49. The van der Waals surface area contributed by atoms with Crippen molar-refractivity contribution in [1.82, 2.24) is 5.32 Å². The first kappa shape index (κ1) is 12.4. The van der Waals surface area contributed by atoms with Crippen molar-refractivity contribution >= 4 is 16.9 Å². The molecule has 1 aliphatic carbocycles. The maximum absolute atomic E-state index is 8.55. The molecule has 1 saturated carbocycles. The van der Waals surface area contributed by atoms with E-state index in [4.69, 9.17) is 5.26 Å². The molecule has 0 aliphatic heterocycles. The lowest BCUT2D eigenvalue weighted by molar-refractivity contribution is 0.383. The van der Waals surface area contributed by atoms with E-state index in [0.717, 1.165) is 17.5 Å². The topological polar surface area (TPSA) is 48.2 Å². The molecule has 4 heteroatoms. The summed E-state index contributed by atoms with van der Waals surface area (Å²) in [6.45, 7) is 4.52. The molecule has 84 valence electrons. The SMILES string of the molecule is CCC1CCC(N=C(NC#N)SC)C1C. The number of hydrogen-bond donors (Lipinski definition) is 1. The second-order valence-corrected chi connectivity index (χ2v) is 4.84. The van der Waals surface area contributed by atoms with Crippen LogP contribution >= 0.6 is 11.8 Å². The maximum atomic E-state index is 8.55. The van der Waals surface area contributed by atoms with Crippen LogP contribution in [0.25, 0.3) is 0 Å². The summed E-state index contributed by atoms with van der Waals surface area (Å²) < 4.78 is 0. The monoisotopic (exact) mass is 225 g/mol. The van der Waals surface area contributed by atoms with Crippen molar-refractivity contribution in [3.05, 3.63) is 0 Å². The van der Waals surface area contributed by atoms with Gasteiger partial charge in [-0.15, -0.1) is 0 Å². The Labute approximate surface area is 96.3 Å². The molecular formula is C11H19N3S. The summed E-state index contributed by atoms with van der Waals surface area (Å²) in [6, 6.07) is 0.401. The summed E-state index contributed by atoms with van der Waals surface area (Å²) in [7, 11) is 0. The van der Waals surface area contributed by atoms with E-state index in [-0.39, 0.29) is 0 Å². The minimum absolute atomic E-state index is 0.401. The molecule has 0 spiro atoms. The molecule has 0 heterocycles. The summed E-state index contributed by atoms with van der Waals surface area (Å²) in [5, 5.41) is 11.9. The Morgan fingerprint density at radius 2 is 2.33 bits per heavy atom. The second kappa shape index (κ2) is 6.02. The molecule has 0 radical (unpaired) electrons. The van der Waals surface area contributed by atoms with Gasteiger partial charge in [0.15, 0.2) is 11.4 Å². The van der Waals surface area contributed by atoms with Crippen molar-refractivity contribution in [3.63, 3.8) is 0 Å². The molecule has 1 fully saturated rings. The van der Waals surface area contributed by atoms with Crippen LogP contribution in [0.4, 0.5) is 0 Å². The van der Waals surface area contributed by atoms with E-state index in [9.17, 15) is 0 Å². The third-order valence-electron chi connectivity index (χ3n) is 3.35. The summed E-state index contributed by atoms with van der Waals surface area (Å²) in [5.41, 5.74) is 0. The molecule has 0 amide bonds. The van der Waals surface area contributed by atoms with Gasteiger partial charge in [-0.05, 0) is 30.9 Å². The molecule has 1 rings (SSSR count). The van der Waals surface area contributed by atoms with Crippen LogP contribution in [0, 0.1) is 23.3 Å². The lowest BCUT2D eigenvalue weighted by Gasteiger charge is -2.16. The van der Waals surface area contributed by atoms with Crippen LogP contribution in [0.2, 0.25) is 0 Å². The predicted molar refractivity (Wildman–Crippen MR) is 65.7 cm³/mol. The highest BCUT2D eigenvalue weighted by Gasteiger charge is 2.31. The van der Waals surface area contributed by atoms with Gasteiger partial charge in [0.05, 0.1) is 6.04 Å². The van der Waals surface area contributed by atoms with E-state index in [0.29, 0.717) is 12.0 Å². The molecule has 1 N–H and O–H groups in total. The average Bonchev–Trinajstić information content (AvgIpc) is 2.59. The molecule has 15 heavy (non-hydrogen) atoms. The number of rotatable bonds is 2. The normalized spacial score (nSPS) is 31.3. The third kappa shape index (κ3) is 3.13. The van der Waals surface area contributed by atoms with Crippen LogP contribution in [-0.2, 0) is 0 Å². The fourth-order valence-electron chi connectivity index (χ4n) is 2.32. The second-order valence-electron chi connectivity index (χ2n) is 4.05. The zero-order valence-electron chi connectivity index (χ0n) is 9.66. The van der Waals surface area contributed by atoms with E-state index in [2.05, 4.69) is 24.2 Å². The molecule has 0 aromatic rings. The van der Waals surface area contributed by atoms with Gasteiger partial charge in [0.1, 0.15) is 0 Å². The quantitative estimate of drug-likeness (QED) is 0.340. The molecule has 0 bridgehead atoms. The molecule has 0 aromatic carbocycles. The Balaban J connectivity index is 2.62. The zero-order valence-corrected chi connectivity index (χ0v) is 10.5. The van der Waals surface area contributed by atoms with Crippen LogP contribution in [-0.4, -0.2) is 17.5 Å². The highest BCUT2D eigenvalue weighted by Crippen LogP contribution is 2.36. The van der Waals surface area contributed by atoms with Gasteiger partial charge in [-0.2, -0.15) is 5.26 Å². The molecule has 3 atom stereocenters. The Bertz CT molecular complexity index is 269. The van der Waals surface area contributed by atoms with Crippen LogP contribution in [0.1, 0.15) is 33.1 Å². The zero-order chi connectivity index (χ0) is 11.3. The molecule has 0 aromatic heterocycles. The molecule has 3 nitrogen and oxygen atoms in total. The Kier molecular flexibility index (Phi) is 4.97. The van der Waals surface area contributed by atoms with Gasteiger partial charge < -0.3 is 0 Å². The van der Waals surface area contributed by atoms with Gasteiger partial charge in [0, 0.05) is 0 Å². The van der Waals surface area contributed by atoms with Gasteiger partial charge in [-0.3, -0.25) is 10.3 Å². The van der Waals surface area contributed by atoms with Gasteiger partial charge in [-0.25, -0.2) is 0 Å². The summed E-state index contributed by atoms with van der Waals surface area (Å²) in [6.07, 6.45) is 7.56. The van der Waals surface area contributed by atoms with Crippen molar-refractivity contribution in [2.24, 2.45) is 16.8 Å². The number of nitrogens with zero attached hydrogens (tertiary/aromatic N) is 2. The standard InChI is InChI=1S/C11H19N3S/c1-4-9-5-6-10(8(9)2)14-11(15-3)13-7-12/h8-10H,4-6H2,1-3H3,(H,13,14). The average molecular weight is 225 g/mol. The number of nitriles is 1. The van der Waals surface area contributed by atoms with Crippen molar-refractivity contribution in [3.8, 4) is 6.19 Å². The minimum Gasteiger partial charge on any atom is -0.272 e. The van der Waals surface area contributed by atoms with E-state index in [1.54, 1.807) is 0 Å². The Morgan fingerprint density at radius 1 is 1.60 bits per heavy atom. The summed E-state index contributed by atoms with van der Waals surface area (Å²) >= 11 is 1.51. The van der Waals surface area contributed by atoms with Gasteiger partial charge in [-0.1, -0.05) is 32.0 Å². The lowest BCUT2D eigenvalue weighted by Crippen LogP contribution is -2.20. The van der Waals surface area contributed by atoms with Gasteiger partial charge >= 0.3 is 0 Å². The Morgan fingerprint density at radius 3 is 2.80 bits per heavy atom. The fourth-order valence-corrected chi connectivity index (χ4v) is 2.71. The highest BCUT2D eigenvalue weighted by atomic mass is 32.2. The first-order chi connectivity index (χ1) is 7.22. The van der Waals surface area contributed by atoms with Crippen molar-refractivity contribution in [2.45, 2.75) is 39.2 Å². The van der Waals surface area contributed by atoms with Crippen LogP contribution in [0.3, 0.4) is 0 Å².